The first-order chi connectivity index (χ1) is 7.16. The molecule has 0 aliphatic heterocycles. The summed E-state index contributed by atoms with van der Waals surface area (Å²) in [5.74, 6) is -0.965. The monoisotopic (exact) mass is 283 g/mol. The van der Waals surface area contributed by atoms with Gasteiger partial charge in [0.05, 0.1) is 10.2 Å². The largest absolute Gasteiger partial charge is 0.478 e. The number of nitrogens with zero attached hydrogens (tertiary/aromatic N) is 1. The van der Waals surface area contributed by atoms with E-state index in [0.717, 1.165) is 20.8 Å². The minimum atomic E-state index is -0.965. The second-order valence-electron chi connectivity index (χ2n) is 2.81. The number of carboxylic acids is 1. The van der Waals surface area contributed by atoms with E-state index in [2.05, 4.69) is 20.9 Å². The molecule has 15 heavy (non-hydrogen) atoms. The van der Waals surface area contributed by atoms with Gasteiger partial charge in [-0.3, -0.25) is 0 Å². The van der Waals surface area contributed by atoms with Crippen molar-refractivity contribution in [3.05, 3.63) is 33.8 Å². The highest BCUT2D eigenvalue weighted by molar-refractivity contribution is 9.10. The van der Waals surface area contributed by atoms with E-state index in [0.29, 0.717) is 5.01 Å². The van der Waals surface area contributed by atoms with E-state index < -0.39 is 5.97 Å². The molecule has 0 atom stereocenters. The molecule has 1 aromatic carbocycles. The molecule has 1 aromatic heterocycles. The molecule has 0 aliphatic carbocycles. The van der Waals surface area contributed by atoms with E-state index in [1.807, 2.05) is 18.2 Å². The van der Waals surface area contributed by atoms with Crippen LogP contribution >= 0.6 is 27.3 Å². The number of aliphatic carboxylic acids is 1. The van der Waals surface area contributed by atoms with Gasteiger partial charge in [-0.1, -0.05) is 6.07 Å². The van der Waals surface area contributed by atoms with Crippen LogP contribution in [-0.4, -0.2) is 16.1 Å². The second-order valence-corrected chi connectivity index (χ2v) is 4.73. The van der Waals surface area contributed by atoms with E-state index in [1.165, 1.54) is 17.4 Å². The van der Waals surface area contributed by atoms with E-state index >= 15 is 0 Å². The van der Waals surface area contributed by atoms with Gasteiger partial charge in [0, 0.05) is 10.5 Å². The summed E-state index contributed by atoms with van der Waals surface area (Å²) in [6.07, 6.45) is 2.59. The van der Waals surface area contributed by atoms with Crippen LogP contribution in [0.1, 0.15) is 5.01 Å². The Morgan fingerprint density at radius 2 is 2.33 bits per heavy atom. The first kappa shape index (κ1) is 10.3. The van der Waals surface area contributed by atoms with Crippen LogP contribution in [0.2, 0.25) is 0 Å². The summed E-state index contributed by atoms with van der Waals surface area (Å²) < 4.78 is 1.96. The normalized spacial score (nSPS) is 11.3. The number of thiazole rings is 1. The Morgan fingerprint density at radius 1 is 1.53 bits per heavy atom. The molecule has 0 radical (unpaired) electrons. The second kappa shape index (κ2) is 4.12. The highest BCUT2D eigenvalue weighted by Crippen LogP contribution is 2.28. The van der Waals surface area contributed by atoms with Crippen LogP contribution in [0.5, 0.6) is 0 Å². The predicted molar refractivity (Wildman–Crippen MR) is 64.0 cm³/mol. The molecule has 0 saturated carbocycles. The van der Waals surface area contributed by atoms with Crippen LogP contribution in [0, 0.1) is 0 Å². The van der Waals surface area contributed by atoms with E-state index in [1.54, 1.807) is 0 Å². The number of aromatic nitrogens is 1. The molecule has 1 N–H and O–H groups in total. The summed E-state index contributed by atoms with van der Waals surface area (Å²) >= 11 is 4.86. The van der Waals surface area contributed by atoms with Crippen LogP contribution in [0.4, 0.5) is 0 Å². The molecule has 0 saturated heterocycles. The average Bonchev–Trinajstić information content (AvgIpc) is 2.59. The number of benzene rings is 1. The van der Waals surface area contributed by atoms with Gasteiger partial charge < -0.3 is 5.11 Å². The lowest BCUT2D eigenvalue weighted by molar-refractivity contribution is -0.131. The Labute approximate surface area is 98.2 Å². The lowest BCUT2D eigenvalue weighted by atomic mass is 10.3. The lowest BCUT2D eigenvalue weighted by Gasteiger charge is -1.88. The Hall–Kier alpha value is -1.20. The SMILES string of the molecule is O=C(O)/C=C/c1nc2c(Br)cccc2s1. The Balaban J connectivity index is 2.48. The van der Waals surface area contributed by atoms with Crippen molar-refractivity contribution in [3.8, 4) is 0 Å². The van der Waals surface area contributed by atoms with E-state index in [4.69, 9.17) is 5.11 Å². The zero-order chi connectivity index (χ0) is 10.8. The third kappa shape index (κ3) is 2.24. The standard InChI is InChI=1S/C10H6BrNO2S/c11-6-2-1-3-7-10(6)12-8(15-7)4-5-9(13)14/h1-5H,(H,13,14)/b5-4+. The number of halogens is 1. The molecule has 1 heterocycles. The molecule has 2 rings (SSSR count). The first-order valence-electron chi connectivity index (χ1n) is 4.13. The van der Waals surface area contributed by atoms with Crippen molar-refractivity contribution in [3.63, 3.8) is 0 Å². The Morgan fingerprint density at radius 3 is 3.00 bits per heavy atom. The minimum absolute atomic E-state index is 0.694. The summed E-state index contributed by atoms with van der Waals surface area (Å²) in [6.45, 7) is 0. The van der Waals surface area contributed by atoms with Gasteiger partial charge in [0.25, 0.3) is 0 Å². The molecular weight excluding hydrogens is 278 g/mol. The highest BCUT2D eigenvalue weighted by atomic mass is 79.9. The average molecular weight is 284 g/mol. The summed E-state index contributed by atoms with van der Waals surface area (Å²) in [5, 5.41) is 9.18. The van der Waals surface area contributed by atoms with Crippen molar-refractivity contribution in [2.45, 2.75) is 0 Å². The molecule has 0 fully saturated rings. The molecule has 0 amide bonds. The summed E-state index contributed by atoms with van der Waals surface area (Å²) in [7, 11) is 0. The summed E-state index contributed by atoms with van der Waals surface area (Å²) in [6, 6.07) is 5.79. The molecule has 0 aliphatic rings. The highest BCUT2D eigenvalue weighted by Gasteiger charge is 2.04. The topological polar surface area (TPSA) is 50.2 Å². The van der Waals surface area contributed by atoms with Crippen LogP contribution in [0.3, 0.4) is 0 Å². The van der Waals surface area contributed by atoms with E-state index in [9.17, 15) is 4.79 Å². The van der Waals surface area contributed by atoms with Gasteiger partial charge in [0.2, 0.25) is 0 Å². The van der Waals surface area contributed by atoms with Gasteiger partial charge >= 0.3 is 5.97 Å². The zero-order valence-corrected chi connectivity index (χ0v) is 9.88. The predicted octanol–water partition coefficient (Wildman–Crippen LogP) is 3.16. The quantitative estimate of drug-likeness (QED) is 0.862. The number of para-hydroxylation sites is 1. The van der Waals surface area contributed by atoms with Crippen molar-refractivity contribution >= 4 is 49.5 Å². The molecule has 3 nitrogen and oxygen atoms in total. The first-order valence-corrected chi connectivity index (χ1v) is 5.74. The smallest absolute Gasteiger partial charge is 0.328 e. The van der Waals surface area contributed by atoms with Crippen LogP contribution in [0.25, 0.3) is 16.3 Å². The minimum Gasteiger partial charge on any atom is -0.478 e. The van der Waals surface area contributed by atoms with Crippen molar-refractivity contribution < 1.29 is 9.90 Å². The van der Waals surface area contributed by atoms with Gasteiger partial charge in [-0.15, -0.1) is 11.3 Å². The fourth-order valence-electron chi connectivity index (χ4n) is 1.15. The number of hydrogen-bond acceptors (Lipinski definition) is 3. The number of hydrogen-bond donors (Lipinski definition) is 1. The van der Waals surface area contributed by atoms with Gasteiger partial charge in [0.1, 0.15) is 5.01 Å². The van der Waals surface area contributed by atoms with Crippen molar-refractivity contribution in [2.75, 3.05) is 0 Å². The molecule has 5 heteroatoms. The van der Waals surface area contributed by atoms with Gasteiger partial charge in [0.15, 0.2) is 0 Å². The Bertz CT molecular complexity index is 547. The van der Waals surface area contributed by atoms with Crippen molar-refractivity contribution in [1.29, 1.82) is 0 Å². The summed E-state index contributed by atoms with van der Waals surface area (Å²) in [5.41, 5.74) is 0.868. The molecule has 0 spiro atoms. The van der Waals surface area contributed by atoms with Crippen molar-refractivity contribution in [2.24, 2.45) is 0 Å². The molecule has 0 bridgehead atoms. The number of carboxylic acid groups (broad SMARTS) is 1. The number of fused-ring (bicyclic) bond motifs is 1. The Kier molecular flexibility index (Phi) is 2.83. The number of carbonyl (C=O) groups is 1. The summed E-state index contributed by atoms with van der Waals surface area (Å²) in [4.78, 5) is 14.6. The zero-order valence-electron chi connectivity index (χ0n) is 7.48. The van der Waals surface area contributed by atoms with Crippen LogP contribution in [-0.2, 0) is 4.79 Å². The van der Waals surface area contributed by atoms with Crippen molar-refractivity contribution in [1.82, 2.24) is 4.98 Å². The van der Waals surface area contributed by atoms with Crippen LogP contribution < -0.4 is 0 Å². The molecule has 76 valence electrons. The maximum Gasteiger partial charge on any atom is 0.328 e. The third-order valence-electron chi connectivity index (χ3n) is 1.75. The van der Waals surface area contributed by atoms with Gasteiger partial charge in [-0.2, -0.15) is 0 Å². The molecule has 2 aromatic rings. The van der Waals surface area contributed by atoms with Gasteiger partial charge in [-0.25, -0.2) is 9.78 Å². The lowest BCUT2D eigenvalue weighted by Crippen LogP contribution is -1.85. The van der Waals surface area contributed by atoms with Crippen LogP contribution in [0.15, 0.2) is 28.7 Å². The number of rotatable bonds is 2. The fourth-order valence-corrected chi connectivity index (χ4v) is 2.63. The molecular formula is C10H6BrNO2S. The van der Waals surface area contributed by atoms with E-state index in [-0.39, 0.29) is 0 Å². The third-order valence-corrected chi connectivity index (χ3v) is 3.38. The van der Waals surface area contributed by atoms with Gasteiger partial charge in [-0.05, 0) is 34.1 Å². The molecule has 0 unspecified atom stereocenters. The maximum absolute atomic E-state index is 10.3. The fraction of sp³-hybridized carbons (Fsp3) is 0. The maximum atomic E-state index is 10.3.